The van der Waals surface area contributed by atoms with Crippen molar-refractivity contribution in [2.75, 3.05) is 51.8 Å². The molecule has 2 amide bonds. The molecule has 0 unspecified atom stereocenters. The monoisotopic (exact) mass is 612 g/mol. The van der Waals surface area contributed by atoms with Gasteiger partial charge in [0.2, 0.25) is 0 Å². The number of piperidine rings is 1. The Morgan fingerprint density at radius 1 is 1.12 bits per heavy atom. The first-order chi connectivity index (χ1) is 20.6. The lowest BCUT2D eigenvalue weighted by atomic mass is 9.92. The Kier molecular flexibility index (Phi) is 11.7. The van der Waals surface area contributed by atoms with Crippen LogP contribution in [0.5, 0.6) is 23.0 Å². The van der Waals surface area contributed by atoms with Gasteiger partial charge in [-0.2, -0.15) is 0 Å². The number of methoxy groups -OCH3 is 1. The summed E-state index contributed by atoms with van der Waals surface area (Å²) in [5.41, 5.74) is 1.35. The third kappa shape index (κ3) is 9.88. The minimum atomic E-state index is -0.302. The molecule has 43 heavy (non-hydrogen) atoms. The number of nitrogens with one attached hydrogen (secondary N) is 2. The number of hydrogen-bond acceptors (Lipinski definition) is 7. The number of nitrogens with zero attached hydrogens (tertiary/aromatic N) is 2. The number of hydrogen-bond donors (Lipinski definition) is 3. The SMILES string of the molecule is COc1cc2c(Oc3ccc(NC(=O)NCCC(C)(C)C)c(Cl)c3)ccnc2cc1OCCCN1CCC(CCO)CC1. The van der Waals surface area contributed by atoms with Gasteiger partial charge in [0.15, 0.2) is 11.5 Å². The van der Waals surface area contributed by atoms with E-state index in [9.17, 15) is 4.79 Å². The van der Waals surface area contributed by atoms with Crippen LogP contribution in [0.3, 0.4) is 0 Å². The molecule has 0 radical (unpaired) electrons. The predicted molar refractivity (Wildman–Crippen MR) is 172 cm³/mol. The summed E-state index contributed by atoms with van der Waals surface area (Å²) in [4.78, 5) is 19.3. The van der Waals surface area contributed by atoms with E-state index in [4.69, 9.17) is 30.9 Å². The number of amides is 2. The Bertz CT molecular complexity index is 1360. The second kappa shape index (κ2) is 15.5. The number of anilines is 1. The Hall–Kier alpha value is -3.27. The zero-order valence-electron chi connectivity index (χ0n) is 25.7. The summed E-state index contributed by atoms with van der Waals surface area (Å²) in [6, 6.07) is 10.4. The van der Waals surface area contributed by atoms with Crippen molar-refractivity contribution in [1.29, 1.82) is 0 Å². The molecule has 0 bridgehead atoms. The molecule has 0 saturated carbocycles. The number of carbonyl (C=O) groups is 1. The van der Waals surface area contributed by atoms with E-state index in [0.717, 1.165) is 62.6 Å². The Morgan fingerprint density at radius 2 is 1.91 bits per heavy atom. The van der Waals surface area contributed by atoms with Crippen molar-refractivity contribution >= 4 is 34.2 Å². The average molecular weight is 613 g/mol. The van der Waals surface area contributed by atoms with Gasteiger partial charge in [-0.25, -0.2) is 4.79 Å². The largest absolute Gasteiger partial charge is 0.493 e. The number of likely N-dealkylation sites (tertiary alicyclic amines) is 1. The molecule has 0 atom stereocenters. The van der Waals surface area contributed by atoms with Crippen LogP contribution < -0.4 is 24.8 Å². The highest BCUT2D eigenvalue weighted by Gasteiger charge is 2.19. The van der Waals surface area contributed by atoms with Crippen LogP contribution in [0, 0.1) is 11.3 Å². The van der Waals surface area contributed by atoms with Gasteiger partial charge in [0, 0.05) is 43.4 Å². The van der Waals surface area contributed by atoms with Gasteiger partial charge >= 0.3 is 6.03 Å². The van der Waals surface area contributed by atoms with E-state index in [1.807, 2.05) is 12.1 Å². The summed E-state index contributed by atoms with van der Waals surface area (Å²) in [6.07, 6.45) is 6.68. The second-order valence-electron chi connectivity index (χ2n) is 12.3. The lowest BCUT2D eigenvalue weighted by molar-refractivity contribution is 0.150. The summed E-state index contributed by atoms with van der Waals surface area (Å²) < 4.78 is 18.0. The van der Waals surface area contributed by atoms with Crippen LogP contribution in [0.15, 0.2) is 42.6 Å². The van der Waals surface area contributed by atoms with Crippen molar-refractivity contribution in [2.45, 2.75) is 52.9 Å². The molecule has 2 aromatic carbocycles. The van der Waals surface area contributed by atoms with Crippen LogP contribution in [0.25, 0.3) is 10.9 Å². The van der Waals surface area contributed by atoms with Crippen molar-refractivity contribution in [3.05, 3.63) is 47.6 Å². The number of benzene rings is 2. The van der Waals surface area contributed by atoms with E-state index in [0.29, 0.717) is 52.8 Å². The van der Waals surface area contributed by atoms with Gasteiger partial charge in [0.1, 0.15) is 11.5 Å². The summed E-state index contributed by atoms with van der Waals surface area (Å²) in [5, 5.41) is 16.0. The fraction of sp³-hybridized carbons (Fsp3) is 0.515. The van der Waals surface area contributed by atoms with Gasteiger partial charge < -0.3 is 34.9 Å². The fourth-order valence-corrected chi connectivity index (χ4v) is 5.36. The number of fused-ring (bicyclic) bond motifs is 1. The van der Waals surface area contributed by atoms with Crippen LogP contribution in [-0.4, -0.2) is 67.5 Å². The number of urea groups is 1. The average Bonchev–Trinajstić information content (AvgIpc) is 2.97. The molecule has 0 aliphatic carbocycles. The molecule has 9 nitrogen and oxygen atoms in total. The van der Waals surface area contributed by atoms with E-state index in [1.165, 1.54) is 0 Å². The van der Waals surface area contributed by atoms with Crippen LogP contribution in [0.4, 0.5) is 10.5 Å². The number of aromatic nitrogens is 1. The molecule has 1 aliphatic rings. The van der Waals surface area contributed by atoms with Gasteiger partial charge in [0.05, 0.1) is 29.9 Å². The highest BCUT2D eigenvalue weighted by molar-refractivity contribution is 6.33. The fourth-order valence-electron chi connectivity index (χ4n) is 5.15. The first-order valence-electron chi connectivity index (χ1n) is 15.1. The highest BCUT2D eigenvalue weighted by atomic mass is 35.5. The number of aliphatic hydroxyl groups excluding tert-OH is 1. The molecule has 1 aliphatic heterocycles. The van der Waals surface area contributed by atoms with Gasteiger partial charge in [0.25, 0.3) is 0 Å². The number of carbonyl (C=O) groups excluding carboxylic acids is 1. The van der Waals surface area contributed by atoms with Gasteiger partial charge in [-0.05, 0) is 80.8 Å². The van der Waals surface area contributed by atoms with Gasteiger partial charge in [-0.15, -0.1) is 0 Å². The molecule has 2 heterocycles. The second-order valence-corrected chi connectivity index (χ2v) is 12.7. The molecule has 1 aromatic heterocycles. The minimum Gasteiger partial charge on any atom is -0.493 e. The molecule has 10 heteroatoms. The minimum absolute atomic E-state index is 0.138. The zero-order valence-corrected chi connectivity index (χ0v) is 26.5. The molecule has 1 saturated heterocycles. The summed E-state index contributed by atoms with van der Waals surface area (Å²) in [7, 11) is 1.62. The summed E-state index contributed by atoms with van der Waals surface area (Å²) in [6.45, 7) is 11.0. The highest BCUT2D eigenvalue weighted by Crippen LogP contribution is 2.38. The van der Waals surface area contributed by atoms with Crippen molar-refractivity contribution in [2.24, 2.45) is 11.3 Å². The maximum Gasteiger partial charge on any atom is 0.319 e. The number of rotatable bonds is 13. The Morgan fingerprint density at radius 3 is 2.60 bits per heavy atom. The van der Waals surface area contributed by atoms with Crippen molar-refractivity contribution < 1.29 is 24.1 Å². The lowest BCUT2D eigenvalue weighted by Gasteiger charge is -2.31. The Labute approximate surface area is 259 Å². The van der Waals surface area contributed by atoms with Crippen molar-refractivity contribution in [1.82, 2.24) is 15.2 Å². The normalized spacial score (nSPS) is 14.5. The van der Waals surface area contributed by atoms with Gasteiger partial charge in [-0.3, -0.25) is 4.98 Å². The summed E-state index contributed by atoms with van der Waals surface area (Å²) in [5.74, 6) is 3.01. The topological polar surface area (TPSA) is 105 Å². The quantitative estimate of drug-likeness (QED) is 0.177. The van der Waals surface area contributed by atoms with Crippen molar-refractivity contribution in [3.63, 3.8) is 0 Å². The molecular weight excluding hydrogens is 568 g/mol. The van der Waals surface area contributed by atoms with E-state index >= 15 is 0 Å². The standard InChI is InChI=1S/C33H45ClN4O5/c1-33(2,3)12-14-36-32(40)37-27-7-6-24(20-26(27)34)43-29-8-13-35-28-22-31(30(41-4)21-25(28)29)42-19-5-15-38-16-9-23(10-17-38)11-18-39/h6-8,13,20-23,39H,5,9-12,14-19H2,1-4H3,(H2,36,37,40). The smallest absolute Gasteiger partial charge is 0.319 e. The maximum absolute atomic E-state index is 12.3. The van der Waals surface area contributed by atoms with E-state index in [2.05, 4.69) is 41.3 Å². The molecule has 234 valence electrons. The van der Waals surface area contributed by atoms with Crippen LogP contribution in [0.2, 0.25) is 5.02 Å². The third-order valence-corrected chi connectivity index (χ3v) is 8.00. The third-order valence-electron chi connectivity index (χ3n) is 7.68. The molecular formula is C33H45ClN4O5. The summed E-state index contributed by atoms with van der Waals surface area (Å²) >= 11 is 6.48. The first kappa shape index (κ1) is 32.6. The number of aliphatic hydroxyl groups is 1. The zero-order chi connectivity index (χ0) is 30.8. The Balaban J connectivity index is 1.35. The number of ether oxygens (including phenoxy) is 3. The molecule has 3 aromatic rings. The van der Waals surface area contributed by atoms with Crippen LogP contribution in [0.1, 0.15) is 52.9 Å². The maximum atomic E-state index is 12.3. The lowest BCUT2D eigenvalue weighted by Crippen LogP contribution is -2.35. The molecule has 1 fully saturated rings. The molecule has 0 spiro atoms. The van der Waals surface area contributed by atoms with Crippen LogP contribution in [-0.2, 0) is 0 Å². The molecule has 4 rings (SSSR count). The van der Waals surface area contributed by atoms with Crippen LogP contribution >= 0.6 is 11.6 Å². The number of halogens is 1. The van der Waals surface area contributed by atoms with E-state index < -0.39 is 0 Å². The van der Waals surface area contributed by atoms with Gasteiger partial charge in [-0.1, -0.05) is 32.4 Å². The molecule has 3 N–H and O–H groups in total. The number of pyridine rings is 1. The van der Waals surface area contributed by atoms with Crippen molar-refractivity contribution in [3.8, 4) is 23.0 Å². The van der Waals surface area contributed by atoms with E-state index in [1.54, 1.807) is 37.6 Å². The first-order valence-corrected chi connectivity index (χ1v) is 15.5. The van der Waals surface area contributed by atoms with E-state index in [-0.39, 0.29) is 18.1 Å². The predicted octanol–water partition coefficient (Wildman–Crippen LogP) is 7.11.